The summed E-state index contributed by atoms with van der Waals surface area (Å²) in [5.74, 6) is -0.996. The standard InChI is InChI=1S/C76H120O6/c1-4-7-10-13-16-19-22-25-28-30-32-33-34-35-36-37-38-39-40-41-42-43-44-46-48-51-54-57-60-63-66-69-75(78)81-72-73(71-80-74(77)68-65-62-59-56-53-50-47-27-24-21-18-15-12-9-6-3)82-76(79)70-67-64-61-58-55-52-49-45-31-29-26-23-20-17-14-11-8-5-2/h7,9-10,12,16,18-19,21,25,27-29,31-33,35-36,38-39,41-42,44,46-47,51,53-54,56,73H,4-6,8,11,13-15,17,20,22-24,26,30,34,37,40,43,45,48-50,52,55,57-72H2,1-3H3/b10-7-,12-9-,19-16-,21-18-,28-25-,31-29-,33-32-,36-35-,39-38-,42-41-,46-44-,47-27-,54-51-,56-53-. The number of esters is 3. The molecule has 6 nitrogen and oxygen atoms in total. The highest BCUT2D eigenvalue weighted by atomic mass is 16.6. The van der Waals surface area contributed by atoms with Gasteiger partial charge in [0, 0.05) is 19.3 Å². The average Bonchev–Trinajstić information content (AvgIpc) is 3.47. The van der Waals surface area contributed by atoms with Crippen LogP contribution in [0.3, 0.4) is 0 Å². The highest BCUT2D eigenvalue weighted by Crippen LogP contribution is 2.14. The number of hydrogen-bond acceptors (Lipinski definition) is 6. The maximum atomic E-state index is 12.9. The van der Waals surface area contributed by atoms with Crippen LogP contribution in [0, 0.1) is 0 Å². The van der Waals surface area contributed by atoms with Crippen LogP contribution >= 0.6 is 0 Å². The number of rotatable bonds is 58. The van der Waals surface area contributed by atoms with Crippen LogP contribution in [0.5, 0.6) is 0 Å². The van der Waals surface area contributed by atoms with Crippen molar-refractivity contribution in [3.8, 4) is 0 Å². The molecule has 0 bridgehead atoms. The third-order valence-corrected chi connectivity index (χ3v) is 13.4. The second-order valence-corrected chi connectivity index (χ2v) is 21.3. The monoisotopic (exact) mass is 1130 g/mol. The minimum Gasteiger partial charge on any atom is -0.462 e. The lowest BCUT2D eigenvalue weighted by atomic mass is 10.1. The Labute approximate surface area is 504 Å². The lowest BCUT2D eigenvalue weighted by molar-refractivity contribution is -0.167. The van der Waals surface area contributed by atoms with Crippen LogP contribution in [-0.4, -0.2) is 37.2 Å². The van der Waals surface area contributed by atoms with Crippen LogP contribution in [-0.2, 0) is 28.6 Å². The van der Waals surface area contributed by atoms with E-state index in [1.54, 1.807) is 0 Å². The van der Waals surface area contributed by atoms with E-state index in [9.17, 15) is 14.4 Å². The molecule has 0 aromatic heterocycles. The van der Waals surface area contributed by atoms with E-state index in [0.29, 0.717) is 25.7 Å². The molecule has 1 atom stereocenters. The number of carbonyl (C=O) groups is 3. The molecule has 1 unspecified atom stereocenters. The molecule has 0 aromatic rings. The molecule has 0 heterocycles. The Bertz CT molecular complexity index is 1870. The normalized spacial score (nSPS) is 13.3. The third kappa shape index (κ3) is 65.6. The molecule has 0 aliphatic rings. The van der Waals surface area contributed by atoms with E-state index < -0.39 is 6.10 Å². The Balaban J connectivity index is 4.47. The third-order valence-electron chi connectivity index (χ3n) is 13.4. The summed E-state index contributed by atoms with van der Waals surface area (Å²) in [6, 6.07) is 0. The summed E-state index contributed by atoms with van der Waals surface area (Å²) in [6.45, 7) is 6.34. The van der Waals surface area contributed by atoms with Gasteiger partial charge in [-0.05, 0) is 154 Å². The quantitative estimate of drug-likeness (QED) is 0.0261. The van der Waals surface area contributed by atoms with Crippen LogP contribution in [0.4, 0.5) is 0 Å². The first-order chi connectivity index (χ1) is 40.5. The fourth-order valence-electron chi connectivity index (χ4n) is 8.54. The Morgan fingerprint density at radius 1 is 0.256 bits per heavy atom. The average molecular weight is 1130 g/mol. The van der Waals surface area contributed by atoms with Crippen LogP contribution < -0.4 is 0 Å². The SMILES string of the molecule is CC/C=C\C/C=C\C/C=C\C/C=C\C/C=C\C/C=C\C/C=C\C/C=C\C/C=C\CCCCCC(=O)OCC(COC(=O)CCCC/C=C\C/C=C\C/C=C\C/C=C\CC)OC(=O)CCCCCCCCC/C=C\CCCCCCCCC. The molecular formula is C76H120O6. The van der Waals surface area contributed by atoms with Crippen LogP contribution in [0.15, 0.2) is 170 Å². The zero-order valence-corrected chi connectivity index (χ0v) is 52.7. The molecule has 0 saturated carbocycles. The lowest BCUT2D eigenvalue weighted by Gasteiger charge is -2.18. The lowest BCUT2D eigenvalue weighted by Crippen LogP contribution is -2.30. The molecule has 0 aliphatic carbocycles. The van der Waals surface area contributed by atoms with Crippen molar-refractivity contribution in [1.82, 2.24) is 0 Å². The fourth-order valence-corrected chi connectivity index (χ4v) is 8.54. The van der Waals surface area contributed by atoms with Gasteiger partial charge >= 0.3 is 17.9 Å². The fraction of sp³-hybridized carbons (Fsp3) is 0.592. The minimum atomic E-state index is -0.821. The second kappa shape index (κ2) is 68.3. The highest BCUT2D eigenvalue weighted by molar-refractivity contribution is 5.71. The predicted octanol–water partition coefficient (Wildman–Crippen LogP) is 23.0. The Hall–Kier alpha value is -5.23. The van der Waals surface area contributed by atoms with Gasteiger partial charge in [-0.15, -0.1) is 0 Å². The molecular weight excluding hydrogens is 1010 g/mol. The van der Waals surface area contributed by atoms with Gasteiger partial charge in [0.1, 0.15) is 13.2 Å². The molecule has 0 N–H and O–H groups in total. The van der Waals surface area contributed by atoms with Gasteiger partial charge in [0.2, 0.25) is 0 Å². The Morgan fingerprint density at radius 2 is 0.476 bits per heavy atom. The smallest absolute Gasteiger partial charge is 0.306 e. The molecule has 0 fully saturated rings. The molecule has 0 rings (SSSR count). The summed E-state index contributed by atoms with van der Waals surface area (Å²) in [4.78, 5) is 38.3. The summed E-state index contributed by atoms with van der Waals surface area (Å²) in [5.41, 5.74) is 0. The summed E-state index contributed by atoms with van der Waals surface area (Å²) >= 11 is 0. The second-order valence-electron chi connectivity index (χ2n) is 21.3. The molecule has 0 radical (unpaired) electrons. The van der Waals surface area contributed by atoms with Gasteiger partial charge in [0.05, 0.1) is 0 Å². The molecule has 0 aliphatic heterocycles. The zero-order valence-electron chi connectivity index (χ0n) is 52.7. The van der Waals surface area contributed by atoms with E-state index >= 15 is 0 Å². The van der Waals surface area contributed by atoms with Gasteiger partial charge in [0.15, 0.2) is 6.10 Å². The van der Waals surface area contributed by atoms with Crippen molar-refractivity contribution >= 4 is 17.9 Å². The number of ether oxygens (including phenoxy) is 3. The van der Waals surface area contributed by atoms with Crippen molar-refractivity contribution in [3.63, 3.8) is 0 Å². The molecule has 82 heavy (non-hydrogen) atoms. The topological polar surface area (TPSA) is 78.9 Å². The summed E-state index contributed by atoms with van der Waals surface area (Å²) < 4.78 is 16.9. The molecule has 0 amide bonds. The van der Waals surface area contributed by atoms with Crippen molar-refractivity contribution < 1.29 is 28.6 Å². The van der Waals surface area contributed by atoms with Crippen molar-refractivity contribution in [2.24, 2.45) is 0 Å². The predicted molar refractivity (Wildman–Crippen MR) is 357 cm³/mol. The van der Waals surface area contributed by atoms with E-state index in [0.717, 1.165) is 141 Å². The Morgan fingerprint density at radius 3 is 0.793 bits per heavy atom. The first-order valence-corrected chi connectivity index (χ1v) is 33.1. The van der Waals surface area contributed by atoms with E-state index in [1.807, 2.05) is 0 Å². The summed E-state index contributed by atoms with van der Waals surface area (Å²) in [5, 5.41) is 0. The van der Waals surface area contributed by atoms with Gasteiger partial charge in [-0.25, -0.2) is 0 Å². The van der Waals surface area contributed by atoms with Crippen molar-refractivity contribution in [1.29, 1.82) is 0 Å². The highest BCUT2D eigenvalue weighted by Gasteiger charge is 2.19. The van der Waals surface area contributed by atoms with Gasteiger partial charge in [-0.3, -0.25) is 14.4 Å². The van der Waals surface area contributed by atoms with Crippen molar-refractivity contribution in [2.75, 3.05) is 13.2 Å². The Kier molecular flexibility index (Phi) is 63.9. The molecule has 0 spiro atoms. The maximum Gasteiger partial charge on any atom is 0.306 e. The van der Waals surface area contributed by atoms with E-state index in [1.165, 1.54) is 83.5 Å². The van der Waals surface area contributed by atoms with Gasteiger partial charge in [-0.2, -0.15) is 0 Å². The van der Waals surface area contributed by atoms with Gasteiger partial charge in [0.25, 0.3) is 0 Å². The number of carbonyl (C=O) groups excluding carboxylic acids is 3. The van der Waals surface area contributed by atoms with Crippen LogP contribution in [0.25, 0.3) is 0 Å². The largest absolute Gasteiger partial charge is 0.462 e. The maximum absolute atomic E-state index is 12.9. The molecule has 0 aromatic carbocycles. The number of allylic oxidation sites excluding steroid dienone is 28. The first-order valence-electron chi connectivity index (χ1n) is 33.1. The van der Waals surface area contributed by atoms with Gasteiger partial charge < -0.3 is 14.2 Å². The molecule has 460 valence electrons. The van der Waals surface area contributed by atoms with E-state index in [4.69, 9.17) is 14.2 Å². The summed E-state index contributed by atoms with van der Waals surface area (Å²) in [6.07, 6.45) is 101. The van der Waals surface area contributed by atoms with E-state index in [2.05, 4.69) is 191 Å². The summed E-state index contributed by atoms with van der Waals surface area (Å²) in [7, 11) is 0. The van der Waals surface area contributed by atoms with Gasteiger partial charge in [-0.1, -0.05) is 268 Å². The number of unbranched alkanes of at least 4 members (excludes halogenated alkanes) is 19. The molecule has 6 heteroatoms. The van der Waals surface area contributed by atoms with Crippen LogP contribution in [0.2, 0.25) is 0 Å². The molecule has 0 saturated heterocycles. The van der Waals surface area contributed by atoms with Crippen LogP contribution in [0.1, 0.15) is 271 Å². The first kappa shape index (κ1) is 76.8. The number of hydrogen-bond donors (Lipinski definition) is 0. The van der Waals surface area contributed by atoms with E-state index in [-0.39, 0.29) is 31.1 Å². The van der Waals surface area contributed by atoms with Crippen molar-refractivity contribution in [3.05, 3.63) is 170 Å². The zero-order chi connectivity index (χ0) is 59.2. The minimum absolute atomic E-state index is 0.118. The van der Waals surface area contributed by atoms with Crippen molar-refractivity contribution in [2.45, 2.75) is 277 Å².